The van der Waals surface area contributed by atoms with Gasteiger partial charge in [0.15, 0.2) is 0 Å². The van der Waals surface area contributed by atoms with Crippen LogP contribution in [0, 0.1) is 0 Å². The monoisotopic (exact) mass is 242 g/mol. The molecule has 4 heteroatoms. The van der Waals surface area contributed by atoms with E-state index in [-0.39, 0.29) is 0 Å². The summed E-state index contributed by atoms with van der Waals surface area (Å²) < 4.78 is 4.96. The first-order valence-corrected chi connectivity index (χ1v) is 6.72. The summed E-state index contributed by atoms with van der Waals surface area (Å²) in [6, 6.07) is 2.22. The maximum Gasteiger partial charge on any atom is 0.0587 e. The normalized spacial score (nSPS) is 10.9. The van der Waals surface area contributed by atoms with Crippen LogP contribution >= 0.6 is 11.3 Å². The summed E-state index contributed by atoms with van der Waals surface area (Å²) in [4.78, 5) is 1.47. The van der Waals surface area contributed by atoms with Gasteiger partial charge in [0, 0.05) is 38.2 Å². The molecule has 1 heterocycles. The molecule has 0 unspecified atom stereocenters. The molecule has 0 aliphatic heterocycles. The molecule has 2 N–H and O–H groups in total. The summed E-state index contributed by atoms with van der Waals surface area (Å²) in [6.45, 7) is 6.91. The molecule has 0 saturated carbocycles. The van der Waals surface area contributed by atoms with Gasteiger partial charge in [-0.2, -0.15) is 0 Å². The first-order chi connectivity index (χ1) is 7.88. The van der Waals surface area contributed by atoms with E-state index in [2.05, 4.69) is 29.0 Å². The number of rotatable bonds is 9. The van der Waals surface area contributed by atoms with Crippen molar-refractivity contribution in [3.05, 3.63) is 21.9 Å². The van der Waals surface area contributed by atoms with Crippen molar-refractivity contribution in [2.24, 2.45) is 0 Å². The Kier molecular flexibility index (Phi) is 7.42. The average molecular weight is 242 g/mol. The van der Waals surface area contributed by atoms with Crippen LogP contribution in [0.1, 0.15) is 17.4 Å². The summed E-state index contributed by atoms with van der Waals surface area (Å²) in [6.07, 6.45) is 1.13. The Morgan fingerprint density at radius 1 is 1.25 bits per heavy atom. The average Bonchev–Trinajstić information content (AvgIpc) is 2.75. The molecular formula is C12H22N2OS. The van der Waals surface area contributed by atoms with Crippen LogP contribution in [0.15, 0.2) is 11.4 Å². The highest BCUT2D eigenvalue weighted by molar-refractivity contribution is 7.10. The third-order valence-corrected chi connectivity index (χ3v) is 3.43. The van der Waals surface area contributed by atoms with E-state index in [4.69, 9.17) is 4.74 Å². The molecular weight excluding hydrogens is 220 g/mol. The van der Waals surface area contributed by atoms with Gasteiger partial charge in [0.1, 0.15) is 0 Å². The first kappa shape index (κ1) is 13.6. The number of methoxy groups -OCH3 is 1. The van der Waals surface area contributed by atoms with Crippen LogP contribution in [-0.4, -0.2) is 33.4 Å². The molecule has 0 saturated heterocycles. The van der Waals surface area contributed by atoms with Crippen LogP contribution in [-0.2, 0) is 17.7 Å². The smallest absolute Gasteiger partial charge is 0.0587 e. The van der Waals surface area contributed by atoms with E-state index in [1.54, 1.807) is 7.11 Å². The van der Waals surface area contributed by atoms with E-state index < -0.39 is 0 Å². The van der Waals surface area contributed by atoms with Crippen molar-refractivity contribution in [3.8, 4) is 0 Å². The summed E-state index contributed by atoms with van der Waals surface area (Å²) in [7, 11) is 1.73. The topological polar surface area (TPSA) is 33.3 Å². The second kappa shape index (κ2) is 8.70. The molecule has 0 spiro atoms. The van der Waals surface area contributed by atoms with Gasteiger partial charge < -0.3 is 15.4 Å². The standard InChI is InChI=1S/C12H22N2OS/c1-3-11-4-9-16-12(11)10-14-6-5-13-7-8-15-2/h4,9,13-14H,3,5-8,10H2,1-2H3. The van der Waals surface area contributed by atoms with Gasteiger partial charge in [-0.15, -0.1) is 11.3 Å². The fourth-order valence-electron chi connectivity index (χ4n) is 1.52. The van der Waals surface area contributed by atoms with Gasteiger partial charge >= 0.3 is 0 Å². The molecule has 16 heavy (non-hydrogen) atoms. The number of ether oxygens (including phenoxy) is 1. The summed E-state index contributed by atoms with van der Waals surface area (Å²) >= 11 is 1.84. The lowest BCUT2D eigenvalue weighted by Crippen LogP contribution is -2.29. The molecule has 0 atom stereocenters. The molecule has 1 aromatic rings. The number of thiophene rings is 1. The van der Waals surface area contributed by atoms with Crippen molar-refractivity contribution in [3.63, 3.8) is 0 Å². The molecule has 0 aliphatic rings. The zero-order valence-corrected chi connectivity index (χ0v) is 11.0. The third-order valence-electron chi connectivity index (χ3n) is 2.47. The molecule has 0 aliphatic carbocycles. The fraction of sp³-hybridized carbons (Fsp3) is 0.667. The van der Waals surface area contributed by atoms with Gasteiger partial charge in [0.25, 0.3) is 0 Å². The Balaban J connectivity index is 2.03. The zero-order valence-electron chi connectivity index (χ0n) is 10.2. The molecule has 0 bridgehead atoms. The molecule has 1 aromatic heterocycles. The molecule has 3 nitrogen and oxygen atoms in total. The molecule has 1 rings (SSSR count). The highest BCUT2D eigenvalue weighted by atomic mass is 32.1. The Labute approximate surface area is 102 Å². The summed E-state index contributed by atoms with van der Waals surface area (Å²) in [5, 5.41) is 8.93. The molecule has 92 valence electrons. The van der Waals surface area contributed by atoms with E-state index in [1.807, 2.05) is 11.3 Å². The van der Waals surface area contributed by atoms with Gasteiger partial charge in [-0.05, 0) is 23.4 Å². The summed E-state index contributed by atoms with van der Waals surface area (Å²) in [5.74, 6) is 0. The lowest BCUT2D eigenvalue weighted by atomic mass is 10.2. The number of hydrogen-bond acceptors (Lipinski definition) is 4. The van der Waals surface area contributed by atoms with Crippen molar-refractivity contribution in [2.75, 3.05) is 33.4 Å². The SMILES string of the molecule is CCc1ccsc1CNCCNCCOC. The maximum absolute atomic E-state index is 4.96. The number of hydrogen-bond donors (Lipinski definition) is 2. The van der Waals surface area contributed by atoms with Gasteiger partial charge in [-0.3, -0.25) is 0 Å². The van der Waals surface area contributed by atoms with E-state index in [9.17, 15) is 0 Å². The van der Waals surface area contributed by atoms with Crippen LogP contribution in [0.3, 0.4) is 0 Å². The molecule has 0 fully saturated rings. The van der Waals surface area contributed by atoms with Crippen molar-refractivity contribution in [1.82, 2.24) is 10.6 Å². The van der Waals surface area contributed by atoms with Crippen molar-refractivity contribution in [2.45, 2.75) is 19.9 Å². The predicted molar refractivity (Wildman–Crippen MR) is 70.1 cm³/mol. The van der Waals surface area contributed by atoms with Gasteiger partial charge in [-0.1, -0.05) is 6.92 Å². The Morgan fingerprint density at radius 2 is 2.06 bits per heavy atom. The molecule has 0 aromatic carbocycles. The minimum atomic E-state index is 0.783. The van der Waals surface area contributed by atoms with Gasteiger partial charge in [0.2, 0.25) is 0 Å². The largest absolute Gasteiger partial charge is 0.383 e. The minimum absolute atomic E-state index is 0.783. The van der Waals surface area contributed by atoms with Gasteiger partial charge in [0.05, 0.1) is 6.61 Å². The zero-order chi connectivity index (χ0) is 11.6. The Morgan fingerprint density at radius 3 is 2.81 bits per heavy atom. The van der Waals surface area contributed by atoms with Crippen LogP contribution in [0.2, 0.25) is 0 Å². The van der Waals surface area contributed by atoms with E-state index in [1.165, 1.54) is 10.4 Å². The third kappa shape index (κ3) is 5.07. The second-order valence-electron chi connectivity index (χ2n) is 3.64. The van der Waals surface area contributed by atoms with Gasteiger partial charge in [-0.25, -0.2) is 0 Å². The molecule has 0 radical (unpaired) electrons. The van der Waals surface area contributed by atoms with E-state index >= 15 is 0 Å². The number of aryl methyl sites for hydroxylation is 1. The maximum atomic E-state index is 4.96. The quantitative estimate of drug-likeness (QED) is 0.646. The lowest BCUT2D eigenvalue weighted by Gasteiger charge is -2.06. The first-order valence-electron chi connectivity index (χ1n) is 5.84. The van der Waals surface area contributed by atoms with Crippen molar-refractivity contribution < 1.29 is 4.74 Å². The lowest BCUT2D eigenvalue weighted by molar-refractivity contribution is 0.199. The highest BCUT2D eigenvalue weighted by Gasteiger charge is 2.00. The predicted octanol–water partition coefficient (Wildman–Crippen LogP) is 1.64. The Bertz CT molecular complexity index is 276. The van der Waals surface area contributed by atoms with E-state index in [0.29, 0.717) is 0 Å². The fourth-order valence-corrected chi connectivity index (χ4v) is 2.46. The van der Waals surface area contributed by atoms with Crippen LogP contribution in [0.25, 0.3) is 0 Å². The minimum Gasteiger partial charge on any atom is -0.383 e. The summed E-state index contributed by atoms with van der Waals surface area (Å²) in [5.41, 5.74) is 1.48. The van der Waals surface area contributed by atoms with E-state index in [0.717, 1.165) is 39.2 Å². The number of nitrogens with one attached hydrogen (secondary N) is 2. The van der Waals surface area contributed by atoms with Crippen LogP contribution < -0.4 is 10.6 Å². The Hall–Kier alpha value is -0.420. The second-order valence-corrected chi connectivity index (χ2v) is 4.64. The highest BCUT2D eigenvalue weighted by Crippen LogP contribution is 2.16. The van der Waals surface area contributed by atoms with Crippen LogP contribution in [0.4, 0.5) is 0 Å². The van der Waals surface area contributed by atoms with Crippen molar-refractivity contribution in [1.29, 1.82) is 0 Å². The molecule has 0 amide bonds. The van der Waals surface area contributed by atoms with Crippen LogP contribution in [0.5, 0.6) is 0 Å². The van der Waals surface area contributed by atoms with Crippen molar-refractivity contribution >= 4 is 11.3 Å².